The Labute approximate surface area is 120 Å². The summed E-state index contributed by atoms with van der Waals surface area (Å²) in [6.45, 7) is 5.69. The Bertz CT molecular complexity index is 367. The quantitative estimate of drug-likeness (QED) is 0.738. The van der Waals surface area contributed by atoms with Crippen LogP contribution in [0.4, 0.5) is 0 Å². The number of hydrogen-bond donors (Lipinski definition) is 2. The van der Waals surface area contributed by atoms with Gasteiger partial charge in [0.05, 0.1) is 6.61 Å². The van der Waals surface area contributed by atoms with E-state index >= 15 is 0 Å². The molecule has 0 bridgehead atoms. The van der Waals surface area contributed by atoms with E-state index in [4.69, 9.17) is 9.84 Å². The van der Waals surface area contributed by atoms with E-state index in [-0.39, 0.29) is 6.61 Å². The summed E-state index contributed by atoms with van der Waals surface area (Å²) >= 11 is 0. The Morgan fingerprint density at radius 3 is 2.35 bits per heavy atom. The molecule has 0 aromatic heterocycles. The van der Waals surface area contributed by atoms with Gasteiger partial charge in [-0.3, -0.25) is 9.80 Å². The Morgan fingerprint density at radius 2 is 1.70 bits per heavy atom. The van der Waals surface area contributed by atoms with Crippen LogP contribution in [-0.4, -0.2) is 78.6 Å². The summed E-state index contributed by atoms with van der Waals surface area (Å²) in [5, 5.41) is 18.9. The molecule has 1 aromatic carbocycles. The summed E-state index contributed by atoms with van der Waals surface area (Å²) < 4.78 is 5.55. The van der Waals surface area contributed by atoms with Crippen LogP contribution in [-0.2, 0) is 0 Å². The number of β-amino-alcohol motifs (C(OH)–C–C–N with tert-alkyl or cyclic N) is 2. The van der Waals surface area contributed by atoms with Gasteiger partial charge >= 0.3 is 0 Å². The highest BCUT2D eigenvalue weighted by Crippen LogP contribution is 2.09. The topological polar surface area (TPSA) is 56.2 Å². The fourth-order valence-electron chi connectivity index (χ4n) is 2.40. The van der Waals surface area contributed by atoms with Crippen molar-refractivity contribution in [3.05, 3.63) is 30.3 Å². The second-order valence-electron chi connectivity index (χ2n) is 5.14. The first-order valence-electron chi connectivity index (χ1n) is 7.19. The fourth-order valence-corrected chi connectivity index (χ4v) is 2.40. The van der Waals surface area contributed by atoms with Crippen molar-refractivity contribution in [1.82, 2.24) is 9.80 Å². The lowest BCUT2D eigenvalue weighted by molar-refractivity contribution is 0.0428. The lowest BCUT2D eigenvalue weighted by Gasteiger charge is -2.35. The van der Waals surface area contributed by atoms with Gasteiger partial charge in [0.1, 0.15) is 18.5 Å². The van der Waals surface area contributed by atoms with Gasteiger partial charge in [-0.15, -0.1) is 0 Å². The zero-order valence-corrected chi connectivity index (χ0v) is 11.8. The maximum absolute atomic E-state index is 10.0. The predicted octanol–water partition coefficient (Wildman–Crippen LogP) is 0.0362. The largest absolute Gasteiger partial charge is 0.491 e. The van der Waals surface area contributed by atoms with Crippen molar-refractivity contribution in [2.45, 2.75) is 6.10 Å². The van der Waals surface area contributed by atoms with E-state index in [0.717, 1.165) is 38.5 Å². The van der Waals surface area contributed by atoms with Gasteiger partial charge in [-0.1, -0.05) is 18.2 Å². The van der Waals surface area contributed by atoms with Crippen molar-refractivity contribution in [3.63, 3.8) is 0 Å². The van der Waals surface area contributed by atoms with Crippen LogP contribution >= 0.6 is 0 Å². The summed E-state index contributed by atoms with van der Waals surface area (Å²) in [6.07, 6.45) is -0.473. The number of rotatable bonds is 7. The molecule has 1 atom stereocenters. The van der Waals surface area contributed by atoms with Crippen molar-refractivity contribution < 1.29 is 14.9 Å². The molecule has 5 heteroatoms. The molecule has 1 aliphatic rings. The van der Waals surface area contributed by atoms with E-state index in [0.29, 0.717) is 13.2 Å². The second kappa shape index (κ2) is 8.21. The minimum Gasteiger partial charge on any atom is -0.491 e. The van der Waals surface area contributed by atoms with E-state index < -0.39 is 6.10 Å². The molecular weight excluding hydrogens is 256 g/mol. The Balaban J connectivity index is 1.64. The summed E-state index contributed by atoms with van der Waals surface area (Å²) in [7, 11) is 0. The third-order valence-corrected chi connectivity index (χ3v) is 3.54. The van der Waals surface area contributed by atoms with Gasteiger partial charge < -0.3 is 14.9 Å². The molecule has 0 spiro atoms. The summed E-state index contributed by atoms with van der Waals surface area (Å²) in [5.74, 6) is 0.791. The minimum absolute atomic E-state index is 0.216. The molecule has 1 aliphatic heterocycles. The first-order chi connectivity index (χ1) is 9.78. The first kappa shape index (κ1) is 15.3. The van der Waals surface area contributed by atoms with Crippen molar-refractivity contribution >= 4 is 0 Å². The first-order valence-corrected chi connectivity index (χ1v) is 7.19. The molecule has 0 amide bonds. The van der Waals surface area contributed by atoms with Gasteiger partial charge in [0, 0.05) is 39.3 Å². The van der Waals surface area contributed by atoms with E-state index in [1.807, 2.05) is 30.3 Å². The summed E-state index contributed by atoms with van der Waals surface area (Å²) in [5.41, 5.74) is 0. The molecule has 0 radical (unpaired) electrons. The van der Waals surface area contributed by atoms with Crippen molar-refractivity contribution in [3.8, 4) is 5.75 Å². The van der Waals surface area contributed by atoms with Crippen LogP contribution < -0.4 is 4.74 Å². The van der Waals surface area contributed by atoms with Crippen LogP contribution in [0.15, 0.2) is 30.3 Å². The molecule has 5 nitrogen and oxygen atoms in total. The molecule has 0 aliphatic carbocycles. The molecule has 2 rings (SSSR count). The monoisotopic (exact) mass is 280 g/mol. The molecule has 2 N–H and O–H groups in total. The van der Waals surface area contributed by atoms with Gasteiger partial charge in [-0.2, -0.15) is 0 Å². The average molecular weight is 280 g/mol. The van der Waals surface area contributed by atoms with E-state index in [2.05, 4.69) is 9.80 Å². The third-order valence-electron chi connectivity index (χ3n) is 3.54. The highest BCUT2D eigenvalue weighted by molar-refractivity contribution is 5.20. The van der Waals surface area contributed by atoms with Gasteiger partial charge in [0.2, 0.25) is 0 Å². The molecule has 1 heterocycles. The number of piperazine rings is 1. The number of aliphatic hydroxyl groups excluding tert-OH is 2. The van der Waals surface area contributed by atoms with Crippen molar-refractivity contribution in [1.29, 1.82) is 0 Å². The fraction of sp³-hybridized carbons (Fsp3) is 0.600. The maximum Gasteiger partial charge on any atom is 0.119 e. The molecule has 20 heavy (non-hydrogen) atoms. The summed E-state index contributed by atoms with van der Waals surface area (Å²) in [4.78, 5) is 4.48. The predicted molar refractivity (Wildman–Crippen MR) is 77.9 cm³/mol. The van der Waals surface area contributed by atoms with Crippen molar-refractivity contribution in [2.24, 2.45) is 0 Å². The zero-order valence-electron chi connectivity index (χ0n) is 11.8. The normalized spacial score (nSPS) is 18.9. The van der Waals surface area contributed by atoms with Crippen molar-refractivity contribution in [2.75, 3.05) is 52.5 Å². The van der Waals surface area contributed by atoms with Crippen LogP contribution in [0.5, 0.6) is 5.75 Å². The molecule has 1 unspecified atom stereocenters. The maximum atomic E-state index is 10.0. The smallest absolute Gasteiger partial charge is 0.119 e. The van der Waals surface area contributed by atoms with Crippen LogP contribution in [0.3, 0.4) is 0 Å². The van der Waals surface area contributed by atoms with Gasteiger partial charge in [-0.25, -0.2) is 0 Å². The zero-order chi connectivity index (χ0) is 14.2. The molecule has 112 valence electrons. The molecule has 0 saturated carbocycles. The highest BCUT2D eigenvalue weighted by atomic mass is 16.5. The number of nitrogens with zero attached hydrogens (tertiary/aromatic N) is 2. The van der Waals surface area contributed by atoms with E-state index in [1.54, 1.807) is 0 Å². The SMILES string of the molecule is OCCN1CCN(CC(O)COc2ccccc2)CC1. The lowest BCUT2D eigenvalue weighted by Crippen LogP contribution is -2.49. The van der Waals surface area contributed by atoms with Crippen LogP contribution in [0, 0.1) is 0 Å². The van der Waals surface area contributed by atoms with Gasteiger partial charge in [0.25, 0.3) is 0 Å². The molecule has 1 saturated heterocycles. The lowest BCUT2D eigenvalue weighted by atomic mass is 10.2. The van der Waals surface area contributed by atoms with E-state index in [1.165, 1.54) is 0 Å². The standard InChI is InChI=1S/C15H24N2O3/c18-11-10-16-6-8-17(9-7-16)12-14(19)13-20-15-4-2-1-3-5-15/h1-5,14,18-19H,6-13H2. The van der Waals surface area contributed by atoms with E-state index in [9.17, 15) is 5.11 Å². The summed E-state index contributed by atoms with van der Waals surface area (Å²) in [6, 6.07) is 9.56. The second-order valence-corrected chi connectivity index (χ2v) is 5.14. The minimum atomic E-state index is -0.473. The Hall–Kier alpha value is -1.14. The number of benzene rings is 1. The van der Waals surface area contributed by atoms with Crippen LogP contribution in [0.2, 0.25) is 0 Å². The van der Waals surface area contributed by atoms with Crippen LogP contribution in [0.1, 0.15) is 0 Å². The molecule has 1 fully saturated rings. The Kier molecular flexibility index (Phi) is 6.26. The van der Waals surface area contributed by atoms with Crippen LogP contribution in [0.25, 0.3) is 0 Å². The highest BCUT2D eigenvalue weighted by Gasteiger charge is 2.18. The number of aliphatic hydroxyl groups is 2. The average Bonchev–Trinajstić information content (AvgIpc) is 2.49. The molecular formula is C15H24N2O3. The van der Waals surface area contributed by atoms with Gasteiger partial charge in [0.15, 0.2) is 0 Å². The third kappa shape index (κ3) is 5.09. The number of hydrogen-bond acceptors (Lipinski definition) is 5. The van der Waals surface area contributed by atoms with Gasteiger partial charge in [-0.05, 0) is 12.1 Å². The Morgan fingerprint density at radius 1 is 1.05 bits per heavy atom. The number of para-hydroxylation sites is 1. The number of ether oxygens (including phenoxy) is 1. The molecule has 1 aromatic rings.